The average Bonchev–Trinajstić information content (AvgIpc) is 2.57. The third-order valence-electron chi connectivity index (χ3n) is 2.99. The number of carbonyl (C=O) groups excluding carboxylic acids is 2. The van der Waals surface area contributed by atoms with Gasteiger partial charge in [0.1, 0.15) is 6.07 Å². The van der Waals surface area contributed by atoms with Crippen LogP contribution in [0.1, 0.15) is 25.3 Å². The highest BCUT2D eigenvalue weighted by atomic mass is 16.5. The third kappa shape index (κ3) is 4.38. The van der Waals surface area contributed by atoms with Crippen molar-refractivity contribution in [2.45, 2.75) is 19.8 Å². The first-order chi connectivity index (χ1) is 11.1. The molecule has 8 nitrogen and oxygen atoms in total. The fourth-order valence-corrected chi connectivity index (χ4v) is 1.86. The Kier molecular flexibility index (Phi) is 5.41. The lowest BCUT2D eigenvalue weighted by molar-refractivity contribution is -0.134. The molecular formula is C15H15N5O3. The zero-order valence-electron chi connectivity index (χ0n) is 12.5. The van der Waals surface area contributed by atoms with Crippen LogP contribution in [0, 0.1) is 11.3 Å². The highest BCUT2D eigenvalue weighted by Crippen LogP contribution is 2.14. The summed E-state index contributed by atoms with van der Waals surface area (Å²) in [5.74, 6) is -0.865. The summed E-state index contributed by atoms with van der Waals surface area (Å²) in [6.45, 7) is 1.82. The number of ether oxygens (including phenoxy) is 1. The topological polar surface area (TPSA) is 116 Å². The van der Waals surface area contributed by atoms with Gasteiger partial charge in [-0.1, -0.05) is 12.1 Å². The quantitative estimate of drug-likeness (QED) is 0.480. The van der Waals surface area contributed by atoms with Crippen molar-refractivity contribution in [3.05, 3.63) is 29.8 Å². The zero-order valence-corrected chi connectivity index (χ0v) is 12.5. The molecule has 1 aromatic rings. The van der Waals surface area contributed by atoms with Gasteiger partial charge in [-0.25, -0.2) is 10.2 Å². The summed E-state index contributed by atoms with van der Waals surface area (Å²) in [5, 5.41) is 16.6. The maximum Gasteiger partial charge on any atom is 0.369 e. The van der Waals surface area contributed by atoms with E-state index in [1.165, 1.54) is 0 Å². The van der Waals surface area contributed by atoms with E-state index in [4.69, 9.17) is 10.00 Å². The van der Waals surface area contributed by atoms with Gasteiger partial charge < -0.3 is 4.74 Å². The molecule has 0 saturated heterocycles. The molecule has 0 bridgehead atoms. The number of benzene rings is 1. The van der Waals surface area contributed by atoms with Gasteiger partial charge >= 0.3 is 5.97 Å². The monoisotopic (exact) mass is 313 g/mol. The van der Waals surface area contributed by atoms with Crippen LogP contribution in [0.25, 0.3) is 0 Å². The van der Waals surface area contributed by atoms with Gasteiger partial charge in [0, 0.05) is 12.8 Å². The Labute approximate surface area is 132 Å². The van der Waals surface area contributed by atoms with Crippen molar-refractivity contribution in [2.24, 2.45) is 10.2 Å². The number of rotatable bonds is 5. The van der Waals surface area contributed by atoms with Gasteiger partial charge in [0.25, 0.3) is 0 Å². The predicted molar refractivity (Wildman–Crippen MR) is 83.7 cm³/mol. The number of amides is 1. The van der Waals surface area contributed by atoms with E-state index in [2.05, 4.69) is 21.1 Å². The first kappa shape index (κ1) is 16.2. The minimum atomic E-state index is -0.772. The molecular weight excluding hydrogens is 298 g/mol. The number of hydrazone groups is 2. The molecule has 0 saturated carbocycles. The van der Waals surface area contributed by atoms with Crippen LogP contribution >= 0.6 is 0 Å². The van der Waals surface area contributed by atoms with Crippen LogP contribution in [-0.4, -0.2) is 29.9 Å². The van der Waals surface area contributed by atoms with E-state index >= 15 is 0 Å². The summed E-state index contributed by atoms with van der Waals surface area (Å²) >= 11 is 0. The summed E-state index contributed by atoms with van der Waals surface area (Å²) < 4.78 is 4.71. The van der Waals surface area contributed by atoms with Crippen molar-refractivity contribution in [2.75, 3.05) is 12.0 Å². The molecule has 8 heteroatoms. The number of nitrogens with one attached hydrogen (secondary N) is 2. The van der Waals surface area contributed by atoms with Gasteiger partial charge in [-0.2, -0.15) is 15.5 Å². The Hall–Kier alpha value is -3.21. The van der Waals surface area contributed by atoms with Gasteiger partial charge in [0.15, 0.2) is 0 Å². The van der Waals surface area contributed by atoms with Crippen LogP contribution in [-0.2, 0) is 14.3 Å². The number of esters is 1. The van der Waals surface area contributed by atoms with Gasteiger partial charge in [-0.3, -0.25) is 10.2 Å². The molecule has 0 aromatic heterocycles. The second kappa shape index (κ2) is 7.70. The molecule has 0 aliphatic carbocycles. The Morgan fingerprint density at radius 1 is 1.43 bits per heavy atom. The second-order valence-electron chi connectivity index (χ2n) is 4.58. The Bertz CT molecular complexity index is 701. The van der Waals surface area contributed by atoms with Crippen molar-refractivity contribution in [1.29, 1.82) is 5.26 Å². The summed E-state index contributed by atoms with van der Waals surface area (Å²) in [4.78, 5) is 22.5. The molecule has 2 N–H and O–H groups in total. The molecule has 1 heterocycles. The Balaban J connectivity index is 2.04. The summed E-state index contributed by atoms with van der Waals surface area (Å²) in [6.07, 6.45) is 0.992. The van der Waals surface area contributed by atoms with E-state index in [0.717, 1.165) is 11.3 Å². The van der Waals surface area contributed by atoms with Crippen LogP contribution in [0.15, 0.2) is 34.5 Å². The molecule has 1 aromatic carbocycles. The highest BCUT2D eigenvalue weighted by molar-refractivity contribution is 6.43. The average molecular weight is 313 g/mol. The van der Waals surface area contributed by atoms with E-state index in [-0.39, 0.29) is 18.2 Å². The predicted octanol–water partition coefficient (Wildman–Crippen LogP) is 1.16. The standard InChI is InChI=1S/C15H15N5O3/c1-2-23-15(22)13(9-16)19-17-11-5-3-10(4-6-11)12-7-8-14(21)20-18-12/h3-6,17H,2,7-8H2,1H3,(H,20,21)/b19-13+. The molecule has 118 valence electrons. The maximum atomic E-state index is 11.4. The van der Waals surface area contributed by atoms with Crippen molar-refractivity contribution in [3.63, 3.8) is 0 Å². The minimum absolute atomic E-state index is 0.0932. The lowest BCUT2D eigenvalue weighted by atomic mass is 10.0. The lowest BCUT2D eigenvalue weighted by Gasteiger charge is -2.12. The van der Waals surface area contributed by atoms with Crippen molar-refractivity contribution in [3.8, 4) is 6.07 Å². The lowest BCUT2D eigenvalue weighted by Crippen LogP contribution is -2.25. The van der Waals surface area contributed by atoms with E-state index < -0.39 is 5.97 Å². The molecule has 0 spiro atoms. The van der Waals surface area contributed by atoms with Gasteiger partial charge in [-0.15, -0.1) is 0 Å². The number of nitrogens with zero attached hydrogens (tertiary/aromatic N) is 3. The molecule has 0 fully saturated rings. The Morgan fingerprint density at radius 2 is 2.17 bits per heavy atom. The van der Waals surface area contributed by atoms with Crippen molar-refractivity contribution in [1.82, 2.24) is 5.43 Å². The third-order valence-corrected chi connectivity index (χ3v) is 2.99. The number of hydrogen-bond acceptors (Lipinski definition) is 7. The fraction of sp³-hybridized carbons (Fsp3) is 0.267. The largest absolute Gasteiger partial charge is 0.461 e. The van der Waals surface area contributed by atoms with Crippen LogP contribution in [0.3, 0.4) is 0 Å². The molecule has 2 rings (SSSR count). The molecule has 0 atom stereocenters. The molecule has 0 unspecified atom stereocenters. The van der Waals surface area contributed by atoms with Gasteiger partial charge in [-0.05, 0) is 24.6 Å². The highest BCUT2D eigenvalue weighted by Gasteiger charge is 2.13. The Morgan fingerprint density at radius 3 is 2.74 bits per heavy atom. The van der Waals surface area contributed by atoms with Crippen LogP contribution in [0.5, 0.6) is 0 Å². The van der Waals surface area contributed by atoms with Gasteiger partial charge in [0.2, 0.25) is 11.6 Å². The zero-order chi connectivity index (χ0) is 16.7. The second-order valence-corrected chi connectivity index (χ2v) is 4.58. The van der Waals surface area contributed by atoms with E-state index in [1.807, 2.05) is 12.1 Å². The van der Waals surface area contributed by atoms with Crippen molar-refractivity contribution < 1.29 is 14.3 Å². The number of anilines is 1. The maximum absolute atomic E-state index is 11.4. The normalized spacial score (nSPS) is 14.3. The van der Waals surface area contributed by atoms with Gasteiger partial charge in [0.05, 0.1) is 18.0 Å². The van der Waals surface area contributed by atoms with Crippen LogP contribution < -0.4 is 10.9 Å². The molecule has 1 amide bonds. The molecule has 1 aliphatic heterocycles. The van der Waals surface area contributed by atoms with Crippen LogP contribution in [0.2, 0.25) is 0 Å². The van der Waals surface area contributed by atoms with E-state index in [9.17, 15) is 9.59 Å². The van der Waals surface area contributed by atoms with Crippen molar-refractivity contribution >= 4 is 29.0 Å². The summed E-state index contributed by atoms with van der Waals surface area (Å²) in [7, 11) is 0. The van der Waals surface area contributed by atoms with E-state index in [0.29, 0.717) is 18.5 Å². The number of carbonyl (C=O) groups is 2. The first-order valence-electron chi connectivity index (χ1n) is 7.00. The summed E-state index contributed by atoms with van der Waals surface area (Å²) in [6, 6.07) is 8.77. The van der Waals surface area contributed by atoms with Crippen LogP contribution in [0.4, 0.5) is 5.69 Å². The minimum Gasteiger partial charge on any atom is -0.461 e. The van der Waals surface area contributed by atoms with E-state index in [1.54, 1.807) is 25.1 Å². The number of hydrogen-bond donors (Lipinski definition) is 2. The smallest absolute Gasteiger partial charge is 0.369 e. The first-order valence-corrected chi connectivity index (χ1v) is 7.00. The fourth-order valence-electron chi connectivity index (χ4n) is 1.86. The number of nitriles is 1. The molecule has 23 heavy (non-hydrogen) atoms. The SMILES string of the molecule is CCOC(=O)/C(C#N)=N/Nc1ccc(C2=NNC(=O)CC2)cc1. The summed E-state index contributed by atoms with van der Waals surface area (Å²) in [5.41, 5.74) is 7.00. The molecule has 1 aliphatic rings. The molecule has 0 radical (unpaired) electrons.